The number of nitrogens with one attached hydrogen (secondary N) is 2. The van der Waals surface area contributed by atoms with Gasteiger partial charge >= 0.3 is 5.97 Å². The second kappa shape index (κ2) is 14.3. The molecule has 0 aliphatic carbocycles. The van der Waals surface area contributed by atoms with Gasteiger partial charge < -0.3 is 19.9 Å². The van der Waals surface area contributed by atoms with E-state index in [9.17, 15) is 14.7 Å². The van der Waals surface area contributed by atoms with Crippen molar-refractivity contribution in [1.29, 1.82) is 0 Å². The minimum atomic E-state index is -0.458. The lowest BCUT2D eigenvalue weighted by molar-refractivity contribution is 0.0157. The molecule has 0 unspecified atom stereocenters. The van der Waals surface area contributed by atoms with E-state index in [0.717, 1.165) is 31.7 Å². The second-order valence-electron chi connectivity index (χ2n) is 10.6. The van der Waals surface area contributed by atoms with Gasteiger partial charge in [0.05, 0.1) is 42.8 Å². The molecule has 2 heterocycles. The quantitative estimate of drug-likeness (QED) is 0.0891. The Morgan fingerprint density at radius 3 is 2.30 bits per heavy atom. The molecule has 3 aromatic carbocycles. The van der Waals surface area contributed by atoms with Crippen molar-refractivity contribution >= 4 is 34.2 Å². The van der Waals surface area contributed by atoms with Crippen LogP contribution in [0, 0.1) is 6.92 Å². The summed E-state index contributed by atoms with van der Waals surface area (Å²) in [5, 5.41) is 20.8. The van der Waals surface area contributed by atoms with Crippen molar-refractivity contribution in [2.45, 2.75) is 6.92 Å². The normalized spacial score (nSPS) is 14.6. The molecule has 44 heavy (non-hydrogen) atoms. The van der Waals surface area contributed by atoms with Crippen LogP contribution in [0.2, 0.25) is 0 Å². The monoisotopic (exact) mass is 599 g/mol. The number of rotatable bonds is 11. The summed E-state index contributed by atoms with van der Waals surface area (Å²) in [6.07, 6.45) is 0. The van der Waals surface area contributed by atoms with E-state index in [-0.39, 0.29) is 18.4 Å². The molecule has 1 aliphatic rings. The van der Waals surface area contributed by atoms with E-state index in [0.29, 0.717) is 64.3 Å². The average molecular weight is 600 g/mol. The Hall–Kier alpha value is -4.55. The number of methoxy groups -OCH3 is 1. The number of carbonyl (C=O) groups excluding carboxylic acids is 2. The van der Waals surface area contributed by atoms with E-state index in [1.807, 2.05) is 43.3 Å². The molecular formula is C33H37N5O6. The highest BCUT2D eigenvalue weighted by molar-refractivity contribution is 6.22. The summed E-state index contributed by atoms with van der Waals surface area (Å²) >= 11 is 0. The van der Waals surface area contributed by atoms with Crippen molar-refractivity contribution in [2.24, 2.45) is 4.99 Å². The summed E-state index contributed by atoms with van der Waals surface area (Å²) in [4.78, 5) is 42.7. The highest BCUT2D eigenvalue weighted by Crippen LogP contribution is 2.33. The van der Waals surface area contributed by atoms with E-state index in [2.05, 4.69) is 20.3 Å². The number of aromatic amines is 1. The summed E-state index contributed by atoms with van der Waals surface area (Å²) < 4.78 is 4.90. The second-order valence-corrected chi connectivity index (χ2v) is 10.6. The van der Waals surface area contributed by atoms with Crippen LogP contribution in [-0.4, -0.2) is 102 Å². The van der Waals surface area contributed by atoms with Gasteiger partial charge in [0.25, 0.3) is 5.91 Å². The number of aromatic hydroxyl groups is 1. The first-order valence-electron chi connectivity index (χ1n) is 14.5. The SMILES string of the molecule is COC(=O)c1cc2[nH]c(O)c(C(=Nc3ccc(C(=O)NOCCN4CCN(CCO)CC4)cc3)c3ccccc3)c2cc1C. The van der Waals surface area contributed by atoms with Gasteiger partial charge in [0.1, 0.15) is 0 Å². The van der Waals surface area contributed by atoms with Gasteiger partial charge in [-0.1, -0.05) is 30.3 Å². The summed E-state index contributed by atoms with van der Waals surface area (Å²) in [5.74, 6) is -0.896. The molecule has 0 atom stereocenters. The number of hydrogen-bond acceptors (Lipinski definition) is 9. The summed E-state index contributed by atoms with van der Waals surface area (Å²) in [5.41, 5.74) is 6.99. The Balaban J connectivity index is 1.30. The number of nitrogens with zero attached hydrogens (tertiary/aromatic N) is 3. The molecule has 230 valence electrons. The topological polar surface area (TPSA) is 140 Å². The van der Waals surface area contributed by atoms with E-state index >= 15 is 0 Å². The van der Waals surface area contributed by atoms with Crippen LogP contribution in [0.4, 0.5) is 5.69 Å². The number of piperazine rings is 1. The standard InChI is InChI=1S/C33H37N5O6/c1-22-20-27-28(21-26(22)33(42)43-2)35-32(41)29(27)30(23-6-4-3-5-7-23)34-25-10-8-24(9-11-25)31(40)36-44-19-17-38-14-12-37(13-15-38)16-18-39/h3-11,20-21,35,39,41H,12-19H2,1-2H3,(H,36,40). The lowest BCUT2D eigenvalue weighted by Crippen LogP contribution is -2.48. The van der Waals surface area contributed by atoms with Gasteiger partial charge in [0, 0.05) is 61.3 Å². The first-order valence-corrected chi connectivity index (χ1v) is 14.5. The Bertz CT molecular complexity index is 1630. The number of aromatic nitrogens is 1. The van der Waals surface area contributed by atoms with Crippen molar-refractivity contribution in [1.82, 2.24) is 20.3 Å². The van der Waals surface area contributed by atoms with Gasteiger partial charge in [-0.2, -0.15) is 0 Å². The molecule has 11 heteroatoms. The molecule has 1 amide bonds. The zero-order chi connectivity index (χ0) is 31.1. The van der Waals surface area contributed by atoms with Gasteiger partial charge in [-0.25, -0.2) is 15.3 Å². The van der Waals surface area contributed by atoms with Gasteiger partial charge in [-0.05, 0) is 48.9 Å². The van der Waals surface area contributed by atoms with Crippen LogP contribution in [0.5, 0.6) is 5.88 Å². The van der Waals surface area contributed by atoms with Crippen LogP contribution in [0.1, 0.15) is 37.4 Å². The number of aliphatic hydroxyl groups excluding tert-OH is 1. The number of hydrogen-bond donors (Lipinski definition) is 4. The molecule has 4 N–H and O–H groups in total. The predicted molar refractivity (Wildman–Crippen MR) is 168 cm³/mol. The summed E-state index contributed by atoms with van der Waals surface area (Å²) in [6.45, 7) is 7.35. The van der Waals surface area contributed by atoms with Crippen LogP contribution < -0.4 is 5.48 Å². The molecule has 0 bridgehead atoms. The third-order valence-electron chi connectivity index (χ3n) is 7.74. The van der Waals surface area contributed by atoms with Crippen molar-refractivity contribution in [3.8, 4) is 5.88 Å². The number of hydroxylamine groups is 1. The number of ether oxygens (including phenoxy) is 1. The van der Waals surface area contributed by atoms with Crippen LogP contribution in [0.3, 0.4) is 0 Å². The molecule has 4 aromatic rings. The van der Waals surface area contributed by atoms with Gasteiger partial charge in [0.2, 0.25) is 0 Å². The lowest BCUT2D eigenvalue weighted by Gasteiger charge is -2.34. The number of esters is 1. The first-order chi connectivity index (χ1) is 21.4. The first kappa shape index (κ1) is 30.9. The fourth-order valence-electron chi connectivity index (χ4n) is 5.31. The summed E-state index contributed by atoms with van der Waals surface area (Å²) in [7, 11) is 1.33. The summed E-state index contributed by atoms with van der Waals surface area (Å²) in [6, 6.07) is 19.8. The van der Waals surface area contributed by atoms with Gasteiger partial charge in [-0.15, -0.1) is 0 Å². The van der Waals surface area contributed by atoms with Gasteiger partial charge in [-0.3, -0.25) is 19.4 Å². The number of benzene rings is 3. The largest absolute Gasteiger partial charge is 0.494 e. The Morgan fingerprint density at radius 2 is 1.64 bits per heavy atom. The molecule has 11 nitrogen and oxygen atoms in total. The highest BCUT2D eigenvalue weighted by Gasteiger charge is 2.22. The number of β-amino-alcohol motifs (C(OH)–C–C–N with tert-alkyl or cyclic N) is 1. The number of carbonyl (C=O) groups is 2. The molecule has 1 fully saturated rings. The van der Waals surface area contributed by atoms with E-state index < -0.39 is 5.97 Å². The van der Waals surface area contributed by atoms with Crippen LogP contribution in [0.15, 0.2) is 71.7 Å². The fraction of sp³-hybridized carbons (Fsp3) is 0.303. The zero-order valence-corrected chi connectivity index (χ0v) is 24.9. The Labute approximate surface area is 255 Å². The minimum Gasteiger partial charge on any atom is -0.494 e. The molecule has 0 saturated carbocycles. The van der Waals surface area contributed by atoms with Crippen molar-refractivity contribution in [3.05, 3.63) is 94.5 Å². The number of H-pyrrole nitrogens is 1. The molecule has 5 rings (SSSR count). The van der Waals surface area contributed by atoms with Crippen LogP contribution >= 0.6 is 0 Å². The smallest absolute Gasteiger partial charge is 0.338 e. The van der Waals surface area contributed by atoms with E-state index in [1.54, 1.807) is 30.3 Å². The van der Waals surface area contributed by atoms with Crippen molar-refractivity contribution in [2.75, 3.05) is 59.6 Å². The molecule has 1 aromatic heterocycles. The molecular weight excluding hydrogens is 562 g/mol. The van der Waals surface area contributed by atoms with Crippen molar-refractivity contribution in [3.63, 3.8) is 0 Å². The highest BCUT2D eigenvalue weighted by atomic mass is 16.7. The Kier molecular flexibility index (Phi) is 10.0. The predicted octanol–water partition coefficient (Wildman–Crippen LogP) is 3.41. The number of aliphatic imine (C=N–C) groups is 1. The van der Waals surface area contributed by atoms with Gasteiger partial charge in [0.15, 0.2) is 5.88 Å². The van der Waals surface area contributed by atoms with Crippen molar-refractivity contribution < 1.29 is 29.4 Å². The average Bonchev–Trinajstić information content (AvgIpc) is 3.36. The number of aryl methyl sites for hydroxylation is 1. The third-order valence-corrected chi connectivity index (χ3v) is 7.74. The number of amides is 1. The number of fused-ring (bicyclic) bond motifs is 1. The molecule has 0 spiro atoms. The van der Waals surface area contributed by atoms with Crippen LogP contribution in [0.25, 0.3) is 10.9 Å². The molecule has 1 saturated heterocycles. The zero-order valence-electron chi connectivity index (χ0n) is 24.9. The lowest BCUT2D eigenvalue weighted by atomic mass is 9.98. The third kappa shape index (κ3) is 7.14. The maximum Gasteiger partial charge on any atom is 0.338 e. The fourth-order valence-corrected chi connectivity index (χ4v) is 5.31. The minimum absolute atomic E-state index is 0.0794. The van der Waals surface area contributed by atoms with E-state index in [4.69, 9.17) is 19.7 Å². The number of aliphatic hydroxyl groups is 1. The molecule has 0 radical (unpaired) electrons. The maximum atomic E-state index is 12.7. The molecule has 1 aliphatic heterocycles. The van der Waals surface area contributed by atoms with E-state index in [1.165, 1.54) is 7.11 Å². The Morgan fingerprint density at radius 1 is 0.955 bits per heavy atom. The maximum absolute atomic E-state index is 12.7. The van der Waals surface area contributed by atoms with Crippen LogP contribution in [-0.2, 0) is 9.57 Å².